The molecule has 0 fully saturated rings. The third-order valence-corrected chi connectivity index (χ3v) is 3.35. The molecule has 0 aromatic heterocycles. The van der Waals surface area contributed by atoms with Crippen LogP contribution in [0.3, 0.4) is 0 Å². The van der Waals surface area contributed by atoms with Crippen molar-refractivity contribution in [1.82, 2.24) is 0 Å². The molecule has 5 heteroatoms. The highest BCUT2D eigenvalue weighted by molar-refractivity contribution is 6.16. The van der Waals surface area contributed by atoms with Crippen molar-refractivity contribution in [3.63, 3.8) is 0 Å². The quantitative estimate of drug-likeness (QED) is 0.192. The zero-order valence-corrected chi connectivity index (χ0v) is 14.6. The van der Waals surface area contributed by atoms with Gasteiger partial charge in [0.1, 0.15) is 13.2 Å². The molecule has 0 aliphatic rings. The van der Waals surface area contributed by atoms with Crippen molar-refractivity contribution in [2.24, 2.45) is 5.92 Å². The van der Waals surface area contributed by atoms with Gasteiger partial charge in [-0.1, -0.05) is 39.3 Å². The van der Waals surface area contributed by atoms with Gasteiger partial charge in [-0.25, -0.2) is 9.59 Å². The SMILES string of the molecule is C=C(C)C(=O)OCCOC(=O)C(=CC(CC)CCCC)C(C)=O. The number of carbonyl (C=O) groups excluding carboxylic acids is 3. The van der Waals surface area contributed by atoms with Crippen LogP contribution in [0.5, 0.6) is 0 Å². The Morgan fingerprint density at radius 2 is 1.61 bits per heavy atom. The van der Waals surface area contributed by atoms with E-state index in [9.17, 15) is 14.4 Å². The predicted octanol–water partition coefficient (Wildman–Crippen LogP) is 3.38. The summed E-state index contributed by atoms with van der Waals surface area (Å²) in [5.74, 6) is -1.33. The number of rotatable bonds is 11. The van der Waals surface area contributed by atoms with Gasteiger partial charge < -0.3 is 9.47 Å². The van der Waals surface area contributed by atoms with Crippen molar-refractivity contribution in [3.8, 4) is 0 Å². The van der Waals surface area contributed by atoms with Gasteiger partial charge >= 0.3 is 11.9 Å². The molecule has 0 aliphatic heterocycles. The lowest BCUT2D eigenvalue weighted by molar-refractivity contribution is -0.148. The Hall–Kier alpha value is -1.91. The fourth-order valence-corrected chi connectivity index (χ4v) is 1.91. The molecule has 0 amide bonds. The van der Waals surface area contributed by atoms with Crippen molar-refractivity contribution in [2.75, 3.05) is 13.2 Å². The number of Topliss-reactive ketones (excluding diaryl/α,β-unsaturated/α-hetero) is 1. The molecular formula is C18H28O5. The second-order valence-electron chi connectivity index (χ2n) is 5.50. The number of hydrogen-bond donors (Lipinski definition) is 0. The van der Waals surface area contributed by atoms with Gasteiger partial charge in [0, 0.05) is 5.57 Å². The van der Waals surface area contributed by atoms with Crippen LogP contribution in [0.25, 0.3) is 0 Å². The van der Waals surface area contributed by atoms with Gasteiger partial charge in [0.2, 0.25) is 0 Å². The molecule has 0 aromatic rings. The zero-order chi connectivity index (χ0) is 17.8. The summed E-state index contributed by atoms with van der Waals surface area (Å²) in [5, 5.41) is 0. The maximum atomic E-state index is 12.0. The van der Waals surface area contributed by atoms with Crippen molar-refractivity contribution in [2.45, 2.75) is 53.4 Å². The highest BCUT2D eigenvalue weighted by atomic mass is 16.6. The van der Waals surface area contributed by atoms with Crippen LogP contribution in [0.2, 0.25) is 0 Å². The third kappa shape index (κ3) is 8.96. The lowest BCUT2D eigenvalue weighted by Crippen LogP contribution is -2.19. The molecule has 130 valence electrons. The minimum atomic E-state index is -0.668. The van der Waals surface area contributed by atoms with Crippen LogP contribution in [0.4, 0.5) is 0 Å². The molecule has 0 bridgehead atoms. The number of esters is 2. The minimum absolute atomic E-state index is 0.0599. The number of carbonyl (C=O) groups is 3. The third-order valence-electron chi connectivity index (χ3n) is 3.35. The summed E-state index contributed by atoms with van der Waals surface area (Å²) in [7, 11) is 0. The monoisotopic (exact) mass is 324 g/mol. The van der Waals surface area contributed by atoms with E-state index >= 15 is 0 Å². The molecule has 0 N–H and O–H groups in total. The first kappa shape index (κ1) is 21.1. The van der Waals surface area contributed by atoms with Crippen molar-refractivity contribution in [1.29, 1.82) is 0 Å². The molecule has 0 heterocycles. The van der Waals surface area contributed by atoms with Gasteiger partial charge in [-0.15, -0.1) is 0 Å². The van der Waals surface area contributed by atoms with Crippen LogP contribution in [-0.4, -0.2) is 30.9 Å². The Morgan fingerprint density at radius 1 is 1.04 bits per heavy atom. The average Bonchev–Trinajstić information content (AvgIpc) is 2.50. The van der Waals surface area contributed by atoms with Gasteiger partial charge in [-0.3, -0.25) is 4.79 Å². The van der Waals surface area contributed by atoms with E-state index in [1.54, 1.807) is 6.08 Å². The van der Waals surface area contributed by atoms with Gasteiger partial charge in [0.25, 0.3) is 0 Å². The molecule has 1 atom stereocenters. The van der Waals surface area contributed by atoms with E-state index in [-0.39, 0.29) is 36.1 Å². The fourth-order valence-electron chi connectivity index (χ4n) is 1.91. The molecular weight excluding hydrogens is 296 g/mol. The first-order chi connectivity index (χ1) is 10.8. The number of unbranched alkanes of at least 4 members (excludes halogenated alkanes) is 1. The maximum absolute atomic E-state index is 12.0. The van der Waals surface area contributed by atoms with Gasteiger partial charge in [0.05, 0.1) is 5.57 Å². The molecule has 0 rings (SSSR count). The van der Waals surface area contributed by atoms with Crippen LogP contribution >= 0.6 is 0 Å². The predicted molar refractivity (Wildman–Crippen MR) is 88.8 cm³/mol. The number of allylic oxidation sites excluding steroid dienone is 1. The molecule has 0 spiro atoms. The summed E-state index contributed by atoms with van der Waals surface area (Å²) in [5.41, 5.74) is 0.349. The number of ether oxygens (including phenoxy) is 2. The zero-order valence-electron chi connectivity index (χ0n) is 14.6. The Bertz CT molecular complexity index is 462. The summed E-state index contributed by atoms with van der Waals surface area (Å²) in [6, 6.07) is 0. The standard InChI is InChI=1S/C18H28O5/c1-6-8-9-15(7-2)12-16(14(5)19)18(21)23-11-10-22-17(20)13(3)4/h12,15H,3,6-11H2,1-2,4-5H3. The average molecular weight is 324 g/mol. The van der Waals surface area contributed by atoms with E-state index in [0.29, 0.717) is 0 Å². The van der Waals surface area contributed by atoms with E-state index in [1.807, 2.05) is 6.92 Å². The molecule has 0 saturated heterocycles. The van der Waals surface area contributed by atoms with Gasteiger partial charge in [-0.2, -0.15) is 0 Å². The first-order valence-electron chi connectivity index (χ1n) is 8.05. The first-order valence-corrected chi connectivity index (χ1v) is 8.05. The van der Waals surface area contributed by atoms with Gasteiger partial charge in [-0.05, 0) is 32.6 Å². The molecule has 23 heavy (non-hydrogen) atoms. The number of hydrogen-bond acceptors (Lipinski definition) is 5. The van der Waals surface area contributed by atoms with Crippen LogP contribution in [-0.2, 0) is 23.9 Å². The van der Waals surface area contributed by atoms with Crippen LogP contribution < -0.4 is 0 Å². The Kier molecular flexibility index (Phi) is 10.7. The highest BCUT2D eigenvalue weighted by Crippen LogP contribution is 2.17. The molecule has 0 saturated carbocycles. The highest BCUT2D eigenvalue weighted by Gasteiger charge is 2.18. The fraction of sp³-hybridized carbons (Fsp3) is 0.611. The maximum Gasteiger partial charge on any atom is 0.341 e. The van der Waals surface area contributed by atoms with Crippen LogP contribution in [0, 0.1) is 5.92 Å². The summed E-state index contributed by atoms with van der Waals surface area (Å²) in [6.07, 6.45) is 5.62. The van der Waals surface area contributed by atoms with E-state index in [1.165, 1.54) is 13.8 Å². The lowest BCUT2D eigenvalue weighted by atomic mass is 9.95. The van der Waals surface area contributed by atoms with Crippen molar-refractivity contribution >= 4 is 17.7 Å². The molecule has 5 nitrogen and oxygen atoms in total. The van der Waals surface area contributed by atoms with Gasteiger partial charge in [0.15, 0.2) is 5.78 Å². The minimum Gasteiger partial charge on any atom is -0.459 e. The molecule has 0 aromatic carbocycles. The summed E-state index contributed by atoms with van der Waals surface area (Å²) < 4.78 is 9.84. The van der Waals surface area contributed by atoms with Crippen LogP contribution in [0.1, 0.15) is 53.4 Å². The van der Waals surface area contributed by atoms with E-state index in [0.717, 1.165) is 25.7 Å². The molecule has 1 unspecified atom stereocenters. The number of ketones is 1. The normalized spacial score (nSPS) is 12.4. The van der Waals surface area contributed by atoms with Crippen molar-refractivity contribution < 1.29 is 23.9 Å². The van der Waals surface area contributed by atoms with E-state index < -0.39 is 11.9 Å². The van der Waals surface area contributed by atoms with E-state index in [4.69, 9.17) is 9.47 Å². The molecule has 0 radical (unpaired) electrons. The Balaban J connectivity index is 4.58. The van der Waals surface area contributed by atoms with E-state index in [2.05, 4.69) is 13.5 Å². The smallest absolute Gasteiger partial charge is 0.341 e. The Morgan fingerprint density at radius 3 is 2.04 bits per heavy atom. The lowest BCUT2D eigenvalue weighted by Gasteiger charge is -2.12. The van der Waals surface area contributed by atoms with Crippen molar-refractivity contribution in [3.05, 3.63) is 23.8 Å². The molecule has 0 aliphatic carbocycles. The summed E-state index contributed by atoms with van der Waals surface area (Å²) in [6.45, 7) is 10.3. The summed E-state index contributed by atoms with van der Waals surface area (Å²) >= 11 is 0. The summed E-state index contributed by atoms with van der Waals surface area (Å²) in [4.78, 5) is 34.9. The second-order valence-corrected chi connectivity index (χ2v) is 5.50. The Labute approximate surface area is 138 Å². The topological polar surface area (TPSA) is 69.7 Å². The largest absolute Gasteiger partial charge is 0.459 e. The van der Waals surface area contributed by atoms with Crippen LogP contribution in [0.15, 0.2) is 23.8 Å². The second kappa shape index (κ2) is 11.6.